The van der Waals surface area contributed by atoms with Gasteiger partial charge in [-0.15, -0.1) is 0 Å². The number of rotatable bonds is 7. The van der Waals surface area contributed by atoms with E-state index in [9.17, 15) is 25.3 Å². The van der Waals surface area contributed by atoms with Crippen LogP contribution in [0.2, 0.25) is 0 Å². The van der Waals surface area contributed by atoms with Crippen LogP contribution in [0.5, 0.6) is 0 Å². The van der Waals surface area contributed by atoms with Gasteiger partial charge in [-0.25, -0.2) is 12.5 Å². The molecule has 0 amide bonds. The summed E-state index contributed by atoms with van der Waals surface area (Å²) in [5, 5.41) is 0. The van der Waals surface area contributed by atoms with E-state index in [1.807, 2.05) is 0 Å². The van der Waals surface area contributed by atoms with E-state index in [0.717, 1.165) is 7.11 Å². The highest BCUT2D eigenvalue weighted by atomic mass is 32.3. The lowest BCUT2D eigenvalue weighted by atomic mass is 10.1. The second kappa shape index (κ2) is 7.19. The molecule has 0 aromatic rings. The average Bonchev–Trinajstić information content (AvgIpc) is 2.28. The zero-order valence-corrected chi connectivity index (χ0v) is 13.5. The Bertz CT molecular complexity index is 706. The lowest BCUT2D eigenvalue weighted by Gasteiger charge is -2.38. The topological polar surface area (TPSA) is 209 Å². The normalized spacial score (nSPS) is 30.3. The van der Waals surface area contributed by atoms with Crippen molar-refractivity contribution in [3.63, 3.8) is 0 Å². The summed E-state index contributed by atoms with van der Waals surface area (Å²) in [7, 11) is -14.6. The van der Waals surface area contributed by atoms with Crippen LogP contribution < -0.4 is 0 Å². The van der Waals surface area contributed by atoms with Crippen molar-refractivity contribution in [3.05, 3.63) is 0 Å². The van der Waals surface area contributed by atoms with Gasteiger partial charge >= 0.3 is 31.2 Å². The van der Waals surface area contributed by atoms with E-state index in [-0.39, 0.29) is 0 Å². The molecule has 4 atom stereocenters. The standard InChI is InChI=1S/C6H12O14S3/c1-16-6-5(20-23(13,14)15)4(19-22(10,11)12)3(2-17-6)18-21(7,8)9/h3-6H,2H2,1H3,(H,7,8,9)(H,10,11,12)(H,13,14,15)/t3-,4+,5-,6-/m1/s1. The van der Waals surface area contributed by atoms with Crippen LogP contribution in [0.25, 0.3) is 0 Å². The van der Waals surface area contributed by atoms with Gasteiger partial charge in [0.15, 0.2) is 12.4 Å². The van der Waals surface area contributed by atoms with Gasteiger partial charge in [-0.3, -0.25) is 13.7 Å². The van der Waals surface area contributed by atoms with E-state index < -0.39 is 62.4 Å². The lowest BCUT2D eigenvalue weighted by Crippen LogP contribution is -2.58. The summed E-state index contributed by atoms with van der Waals surface area (Å²) in [6, 6.07) is 0. The summed E-state index contributed by atoms with van der Waals surface area (Å²) in [6.45, 7) is -0.774. The van der Waals surface area contributed by atoms with Crippen molar-refractivity contribution < 1.29 is 60.9 Å². The molecule has 1 saturated heterocycles. The fourth-order valence-corrected chi connectivity index (χ4v) is 3.16. The van der Waals surface area contributed by atoms with Crippen molar-refractivity contribution in [2.45, 2.75) is 24.6 Å². The SMILES string of the molecule is CO[C@@H]1OC[C@@H](OS(=O)(=O)O)[C@H](OS(=O)(=O)O)[C@H]1OS(=O)(=O)O. The minimum absolute atomic E-state index is 0.774. The molecule has 23 heavy (non-hydrogen) atoms. The Hall–Kier alpha value is -0.470. The van der Waals surface area contributed by atoms with Crippen molar-refractivity contribution in [1.29, 1.82) is 0 Å². The van der Waals surface area contributed by atoms with Crippen molar-refractivity contribution in [2.24, 2.45) is 0 Å². The van der Waals surface area contributed by atoms with Gasteiger partial charge in [-0.2, -0.15) is 25.3 Å². The Kier molecular flexibility index (Phi) is 6.43. The highest BCUT2D eigenvalue weighted by molar-refractivity contribution is 7.81. The molecule has 1 fully saturated rings. The maximum atomic E-state index is 10.8. The minimum Gasteiger partial charge on any atom is -0.353 e. The third-order valence-electron chi connectivity index (χ3n) is 2.33. The lowest BCUT2D eigenvalue weighted by molar-refractivity contribution is -0.246. The zero-order chi connectivity index (χ0) is 18.1. The minimum atomic E-state index is -5.26. The molecular weight excluding hydrogens is 392 g/mol. The van der Waals surface area contributed by atoms with Gasteiger partial charge in [0.1, 0.15) is 12.2 Å². The van der Waals surface area contributed by atoms with Crippen LogP contribution in [-0.4, -0.2) is 77.2 Å². The zero-order valence-electron chi connectivity index (χ0n) is 11.1. The molecule has 3 N–H and O–H groups in total. The molecule has 0 aliphatic carbocycles. The molecule has 0 bridgehead atoms. The Labute approximate surface area is 131 Å². The van der Waals surface area contributed by atoms with Crippen molar-refractivity contribution >= 4 is 31.2 Å². The molecule has 1 heterocycles. The van der Waals surface area contributed by atoms with E-state index >= 15 is 0 Å². The summed E-state index contributed by atoms with van der Waals surface area (Å²) >= 11 is 0. The molecule has 138 valence electrons. The second-order valence-corrected chi connectivity index (χ2v) is 7.12. The molecular formula is C6H12O14S3. The fraction of sp³-hybridized carbons (Fsp3) is 1.00. The first-order chi connectivity index (χ1) is 10.2. The maximum absolute atomic E-state index is 10.8. The molecule has 17 heteroatoms. The second-order valence-electron chi connectivity index (χ2n) is 3.98. The molecule has 0 unspecified atom stereocenters. The quantitative estimate of drug-likeness (QED) is 0.376. The third kappa shape index (κ3) is 7.30. The fourth-order valence-electron chi connectivity index (χ4n) is 1.68. The molecule has 0 saturated carbocycles. The molecule has 1 rings (SSSR count). The van der Waals surface area contributed by atoms with Gasteiger partial charge in [0.2, 0.25) is 0 Å². The molecule has 0 aromatic carbocycles. The van der Waals surface area contributed by atoms with Crippen molar-refractivity contribution in [3.8, 4) is 0 Å². The molecule has 1 aliphatic rings. The maximum Gasteiger partial charge on any atom is 0.397 e. The Morgan fingerprint density at radius 1 is 0.826 bits per heavy atom. The highest BCUT2D eigenvalue weighted by Gasteiger charge is 2.49. The van der Waals surface area contributed by atoms with Crippen LogP contribution in [0.15, 0.2) is 0 Å². The predicted molar refractivity (Wildman–Crippen MR) is 66.0 cm³/mol. The predicted octanol–water partition coefficient (Wildman–Crippen LogP) is -2.45. The highest BCUT2D eigenvalue weighted by Crippen LogP contribution is 2.27. The van der Waals surface area contributed by atoms with E-state index in [2.05, 4.69) is 17.3 Å². The third-order valence-corrected chi connectivity index (χ3v) is 3.75. The van der Waals surface area contributed by atoms with Crippen molar-refractivity contribution in [1.82, 2.24) is 0 Å². The molecule has 1 aliphatic heterocycles. The molecule has 0 radical (unpaired) electrons. The van der Waals surface area contributed by atoms with E-state index in [1.165, 1.54) is 0 Å². The van der Waals surface area contributed by atoms with Gasteiger partial charge in [-0.1, -0.05) is 0 Å². The van der Waals surface area contributed by atoms with E-state index in [0.29, 0.717) is 0 Å². The van der Waals surface area contributed by atoms with Gasteiger partial charge < -0.3 is 9.47 Å². The molecule has 14 nitrogen and oxygen atoms in total. The van der Waals surface area contributed by atoms with E-state index in [1.54, 1.807) is 0 Å². The van der Waals surface area contributed by atoms with Gasteiger partial charge in [0.05, 0.1) is 6.61 Å². The monoisotopic (exact) mass is 404 g/mol. The van der Waals surface area contributed by atoms with Gasteiger partial charge in [0.25, 0.3) is 0 Å². The molecule has 0 spiro atoms. The first-order valence-corrected chi connectivity index (χ1v) is 9.43. The molecule has 0 aromatic heterocycles. The van der Waals surface area contributed by atoms with E-state index in [4.69, 9.17) is 18.4 Å². The van der Waals surface area contributed by atoms with Crippen LogP contribution in [0.3, 0.4) is 0 Å². The summed E-state index contributed by atoms with van der Waals surface area (Å²) in [6.07, 6.45) is -7.93. The van der Waals surface area contributed by atoms with Crippen molar-refractivity contribution in [2.75, 3.05) is 13.7 Å². The Morgan fingerprint density at radius 3 is 1.65 bits per heavy atom. The average molecular weight is 404 g/mol. The van der Waals surface area contributed by atoms with Gasteiger partial charge in [-0.05, 0) is 0 Å². The Morgan fingerprint density at radius 2 is 1.26 bits per heavy atom. The van der Waals surface area contributed by atoms with Crippen LogP contribution in [0.1, 0.15) is 0 Å². The number of methoxy groups -OCH3 is 1. The van der Waals surface area contributed by atoms with Crippen LogP contribution in [0, 0.1) is 0 Å². The summed E-state index contributed by atoms with van der Waals surface area (Å²) in [5.41, 5.74) is 0. The van der Waals surface area contributed by atoms with Crippen LogP contribution in [-0.2, 0) is 53.2 Å². The van der Waals surface area contributed by atoms with Crippen LogP contribution >= 0.6 is 0 Å². The smallest absolute Gasteiger partial charge is 0.353 e. The Balaban J connectivity index is 3.23. The summed E-state index contributed by atoms with van der Waals surface area (Å²) in [5.74, 6) is 0. The van der Waals surface area contributed by atoms with Gasteiger partial charge in [0, 0.05) is 7.11 Å². The largest absolute Gasteiger partial charge is 0.397 e. The first-order valence-electron chi connectivity index (χ1n) is 5.33. The summed E-state index contributed by atoms with van der Waals surface area (Å²) < 4.78 is 112. The first kappa shape index (κ1) is 20.6. The number of ether oxygens (including phenoxy) is 2. The van der Waals surface area contributed by atoms with Crippen LogP contribution in [0.4, 0.5) is 0 Å². The number of hydrogen-bond acceptors (Lipinski definition) is 11. The summed E-state index contributed by atoms with van der Waals surface area (Å²) in [4.78, 5) is 0. The number of hydrogen-bond donors (Lipinski definition) is 3.